The normalized spacial score (nSPS) is 11.5. The van der Waals surface area contributed by atoms with E-state index in [9.17, 15) is 0 Å². The molecule has 10 heavy (non-hydrogen) atoms. The summed E-state index contributed by atoms with van der Waals surface area (Å²) in [5.41, 5.74) is 0. The molecular formula is C2H4N8. The van der Waals surface area contributed by atoms with E-state index in [2.05, 4.69) is 37.1 Å². The molecule has 0 saturated carbocycles. The number of nitriles is 1. The molecule has 0 amide bonds. The van der Waals surface area contributed by atoms with Crippen LogP contribution in [-0.4, -0.2) is 6.54 Å². The fraction of sp³-hybridized carbons (Fsp3) is 0.500. The van der Waals surface area contributed by atoms with Crippen LogP contribution in [0, 0.1) is 11.3 Å². The van der Waals surface area contributed by atoms with Gasteiger partial charge in [0.05, 0.1) is 6.07 Å². The van der Waals surface area contributed by atoms with Gasteiger partial charge in [0.1, 0.15) is 6.54 Å². The van der Waals surface area contributed by atoms with Crippen LogP contribution in [0.1, 0.15) is 0 Å². The van der Waals surface area contributed by atoms with Crippen LogP contribution < -0.4 is 5.84 Å². The SMILES string of the molecule is N#CCN=N/N=N/N=N/N. The van der Waals surface area contributed by atoms with Gasteiger partial charge in [-0.2, -0.15) is 10.4 Å². The van der Waals surface area contributed by atoms with Crippen molar-refractivity contribution in [3.63, 3.8) is 0 Å². The molecule has 0 atom stereocenters. The first-order valence-electron chi connectivity index (χ1n) is 2.15. The second kappa shape index (κ2) is 7.09. The minimum absolute atomic E-state index is 0.0568. The van der Waals surface area contributed by atoms with Gasteiger partial charge in [-0.1, -0.05) is 5.22 Å². The van der Waals surface area contributed by atoms with E-state index in [1.54, 1.807) is 6.07 Å². The fourth-order valence-electron chi connectivity index (χ4n) is 0.150. The molecule has 0 rings (SSSR count). The average Bonchev–Trinajstić information content (AvgIpc) is 1.97. The highest BCUT2D eigenvalue weighted by molar-refractivity contribution is 4.70. The largest absolute Gasteiger partial charge is 0.303 e. The number of nitrogens with zero attached hydrogens (tertiary/aromatic N) is 7. The third-order valence-corrected chi connectivity index (χ3v) is 0.376. The molecule has 0 aliphatic rings. The molecule has 0 unspecified atom stereocenters. The Labute approximate surface area is 56.1 Å². The van der Waals surface area contributed by atoms with Gasteiger partial charge in [-0.15, -0.1) is 0 Å². The highest BCUT2D eigenvalue weighted by Crippen LogP contribution is 1.80. The summed E-state index contributed by atoms with van der Waals surface area (Å²) in [6.45, 7) is -0.0568. The molecule has 0 aliphatic carbocycles. The molecule has 0 aromatic carbocycles. The van der Waals surface area contributed by atoms with Crippen molar-refractivity contribution in [2.24, 2.45) is 37.1 Å². The van der Waals surface area contributed by atoms with Crippen LogP contribution >= 0.6 is 0 Å². The van der Waals surface area contributed by atoms with Crippen molar-refractivity contribution in [2.75, 3.05) is 6.54 Å². The maximum atomic E-state index is 7.93. The zero-order valence-corrected chi connectivity index (χ0v) is 4.91. The summed E-state index contributed by atoms with van der Waals surface area (Å²) in [5, 5.41) is 25.8. The van der Waals surface area contributed by atoms with Gasteiger partial charge in [-0.3, -0.25) is 0 Å². The Bertz CT molecular complexity index is 182. The molecule has 0 spiro atoms. The van der Waals surface area contributed by atoms with Crippen molar-refractivity contribution in [1.29, 1.82) is 5.26 Å². The second-order valence-electron chi connectivity index (χ2n) is 0.931. The van der Waals surface area contributed by atoms with Gasteiger partial charge in [0, 0.05) is 0 Å². The average molecular weight is 140 g/mol. The van der Waals surface area contributed by atoms with Gasteiger partial charge in [-0.05, 0) is 20.9 Å². The van der Waals surface area contributed by atoms with Crippen LogP contribution in [-0.2, 0) is 0 Å². The smallest absolute Gasteiger partial charge is 0.149 e. The lowest BCUT2D eigenvalue weighted by molar-refractivity contribution is 0.810. The van der Waals surface area contributed by atoms with Crippen molar-refractivity contribution in [2.45, 2.75) is 0 Å². The lowest BCUT2D eigenvalue weighted by Crippen LogP contribution is -1.70. The Kier molecular flexibility index (Phi) is 5.74. The summed E-state index contributed by atoms with van der Waals surface area (Å²) in [5.74, 6) is 4.55. The van der Waals surface area contributed by atoms with E-state index >= 15 is 0 Å². The van der Waals surface area contributed by atoms with Gasteiger partial charge < -0.3 is 5.84 Å². The summed E-state index contributed by atoms with van der Waals surface area (Å²) >= 11 is 0. The number of hydrogen-bond acceptors (Lipinski definition) is 3. The summed E-state index contributed by atoms with van der Waals surface area (Å²) in [4.78, 5) is 0. The van der Waals surface area contributed by atoms with Gasteiger partial charge in [0.2, 0.25) is 0 Å². The topological polar surface area (TPSA) is 124 Å². The van der Waals surface area contributed by atoms with Crippen LogP contribution in [0.4, 0.5) is 0 Å². The molecular weight excluding hydrogens is 136 g/mol. The van der Waals surface area contributed by atoms with Crippen molar-refractivity contribution in [3.8, 4) is 6.07 Å². The summed E-state index contributed by atoms with van der Waals surface area (Å²) in [6, 6.07) is 1.72. The number of nitrogens with two attached hydrogens (primary N) is 1. The van der Waals surface area contributed by atoms with Crippen molar-refractivity contribution in [1.82, 2.24) is 0 Å². The molecule has 0 aromatic rings. The lowest BCUT2D eigenvalue weighted by Gasteiger charge is -1.69. The first-order chi connectivity index (χ1) is 4.91. The molecule has 52 valence electrons. The van der Waals surface area contributed by atoms with Gasteiger partial charge in [-0.25, -0.2) is 0 Å². The Morgan fingerprint density at radius 2 is 1.90 bits per heavy atom. The van der Waals surface area contributed by atoms with Crippen molar-refractivity contribution >= 4 is 0 Å². The highest BCUT2D eigenvalue weighted by Gasteiger charge is 1.68. The van der Waals surface area contributed by atoms with Crippen LogP contribution in [0.3, 0.4) is 0 Å². The van der Waals surface area contributed by atoms with Gasteiger partial charge >= 0.3 is 0 Å². The van der Waals surface area contributed by atoms with E-state index in [1.807, 2.05) is 0 Å². The van der Waals surface area contributed by atoms with Gasteiger partial charge in [0.15, 0.2) is 0 Å². The molecule has 0 fully saturated rings. The van der Waals surface area contributed by atoms with Crippen molar-refractivity contribution in [3.05, 3.63) is 0 Å². The predicted octanol–water partition coefficient (Wildman–Crippen LogP) is 0.570. The Balaban J connectivity index is 3.44. The first-order valence-corrected chi connectivity index (χ1v) is 2.15. The molecule has 8 nitrogen and oxygen atoms in total. The quantitative estimate of drug-likeness (QED) is 0.266. The van der Waals surface area contributed by atoms with E-state index in [1.165, 1.54) is 0 Å². The van der Waals surface area contributed by atoms with Gasteiger partial charge in [0.25, 0.3) is 0 Å². The van der Waals surface area contributed by atoms with Crippen LogP contribution in [0.25, 0.3) is 0 Å². The molecule has 0 bridgehead atoms. The first kappa shape index (κ1) is 8.09. The van der Waals surface area contributed by atoms with Crippen molar-refractivity contribution < 1.29 is 0 Å². The summed E-state index contributed by atoms with van der Waals surface area (Å²) < 4.78 is 0. The predicted molar refractivity (Wildman–Crippen MR) is 29.2 cm³/mol. The Hall–Kier alpha value is -1.91. The highest BCUT2D eigenvalue weighted by atomic mass is 15.6. The second-order valence-corrected chi connectivity index (χ2v) is 0.931. The van der Waals surface area contributed by atoms with E-state index in [0.29, 0.717) is 0 Å². The van der Waals surface area contributed by atoms with E-state index in [-0.39, 0.29) is 6.54 Å². The molecule has 0 aromatic heterocycles. The van der Waals surface area contributed by atoms with E-state index < -0.39 is 0 Å². The van der Waals surface area contributed by atoms with Crippen LogP contribution in [0.15, 0.2) is 31.2 Å². The summed E-state index contributed by atoms with van der Waals surface area (Å²) in [6.07, 6.45) is 0. The Morgan fingerprint density at radius 3 is 2.50 bits per heavy atom. The zero-order valence-electron chi connectivity index (χ0n) is 4.91. The standard InChI is InChI=1S/C2H4N8/c3-1-2-5-7-9-10-8-6-4/h2H2,(H2,4,5,8,9). The van der Waals surface area contributed by atoms with Crippen LogP contribution in [0.5, 0.6) is 0 Å². The lowest BCUT2D eigenvalue weighted by atomic mass is 10.8. The van der Waals surface area contributed by atoms with E-state index in [0.717, 1.165) is 0 Å². The fourth-order valence-corrected chi connectivity index (χ4v) is 0.150. The summed E-state index contributed by atoms with van der Waals surface area (Å²) in [7, 11) is 0. The molecule has 8 heteroatoms. The molecule has 2 N–H and O–H groups in total. The maximum absolute atomic E-state index is 7.93. The molecule has 0 aliphatic heterocycles. The number of rotatable bonds is 3. The molecule has 0 heterocycles. The van der Waals surface area contributed by atoms with Crippen LogP contribution in [0.2, 0.25) is 0 Å². The number of hydrogen-bond donors (Lipinski definition) is 1. The molecule has 0 saturated heterocycles. The third kappa shape index (κ3) is 6.09. The maximum Gasteiger partial charge on any atom is 0.149 e. The third-order valence-electron chi connectivity index (χ3n) is 0.376. The Morgan fingerprint density at radius 1 is 1.20 bits per heavy atom. The monoisotopic (exact) mass is 140 g/mol. The minimum Gasteiger partial charge on any atom is -0.303 e. The molecule has 0 radical (unpaired) electrons. The minimum atomic E-state index is -0.0568. The zero-order chi connectivity index (χ0) is 7.66. The van der Waals surface area contributed by atoms with E-state index in [4.69, 9.17) is 5.26 Å².